The van der Waals surface area contributed by atoms with Gasteiger partial charge in [0.15, 0.2) is 0 Å². The zero-order chi connectivity index (χ0) is 12.4. The molecule has 0 radical (unpaired) electrons. The first kappa shape index (κ1) is 12.1. The minimum atomic E-state index is -0.834. The van der Waals surface area contributed by atoms with Crippen molar-refractivity contribution in [3.05, 3.63) is 12.2 Å². The number of carbonyl (C=O) groups is 2. The van der Waals surface area contributed by atoms with Gasteiger partial charge in [-0.2, -0.15) is 0 Å². The van der Waals surface area contributed by atoms with Crippen LogP contribution in [0.1, 0.15) is 32.6 Å². The van der Waals surface area contributed by atoms with E-state index in [1.807, 2.05) is 6.92 Å². The summed E-state index contributed by atoms with van der Waals surface area (Å²) < 4.78 is 0. The molecule has 2 aliphatic carbocycles. The molecule has 1 saturated carbocycles. The monoisotopic (exact) mass is 237 g/mol. The third-order valence-corrected chi connectivity index (χ3v) is 3.81. The third kappa shape index (κ3) is 2.68. The summed E-state index contributed by atoms with van der Waals surface area (Å²) in [4.78, 5) is 23.2. The van der Waals surface area contributed by atoms with Crippen LogP contribution >= 0.6 is 0 Å². The van der Waals surface area contributed by atoms with Crippen molar-refractivity contribution in [1.82, 2.24) is 5.32 Å². The van der Waals surface area contributed by atoms with E-state index < -0.39 is 11.9 Å². The largest absolute Gasteiger partial charge is 0.481 e. The lowest BCUT2D eigenvalue weighted by Gasteiger charge is -2.19. The lowest BCUT2D eigenvalue weighted by Crippen LogP contribution is -2.40. The van der Waals surface area contributed by atoms with Gasteiger partial charge >= 0.3 is 5.97 Å². The third-order valence-electron chi connectivity index (χ3n) is 3.81. The summed E-state index contributed by atoms with van der Waals surface area (Å²) in [6.07, 6.45) is 7.16. The summed E-state index contributed by atoms with van der Waals surface area (Å²) in [5, 5.41) is 12.1. The standard InChI is InChI=1S/C13H19NO3/c1-8-6-10(11(7-8)13(16)17)12(15)14-9-4-2-3-5-9/h2-3,8-11H,4-7H2,1H3,(H,14,15)(H,16,17). The summed E-state index contributed by atoms with van der Waals surface area (Å²) in [5.74, 6) is -1.43. The highest BCUT2D eigenvalue weighted by molar-refractivity contribution is 5.85. The van der Waals surface area contributed by atoms with Crippen molar-refractivity contribution >= 4 is 11.9 Å². The number of carboxylic acid groups (broad SMARTS) is 1. The lowest BCUT2D eigenvalue weighted by molar-refractivity contribution is -0.146. The average molecular weight is 237 g/mol. The van der Waals surface area contributed by atoms with E-state index in [2.05, 4.69) is 17.5 Å². The summed E-state index contributed by atoms with van der Waals surface area (Å²) in [6.45, 7) is 2.01. The highest BCUT2D eigenvalue weighted by Crippen LogP contribution is 2.36. The molecule has 2 rings (SSSR count). The lowest BCUT2D eigenvalue weighted by atomic mass is 9.95. The van der Waals surface area contributed by atoms with Gasteiger partial charge in [0.25, 0.3) is 0 Å². The number of carbonyl (C=O) groups excluding carboxylic acids is 1. The Hall–Kier alpha value is -1.32. The molecule has 17 heavy (non-hydrogen) atoms. The van der Waals surface area contributed by atoms with Gasteiger partial charge in [-0.15, -0.1) is 0 Å². The summed E-state index contributed by atoms with van der Waals surface area (Å²) in [7, 11) is 0. The van der Waals surface area contributed by atoms with Crippen LogP contribution < -0.4 is 5.32 Å². The van der Waals surface area contributed by atoms with Gasteiger partial charge in [-0.1, -0.05) is 19.1 Å². The molecule has 0 heterocycles. The van der Waals surface area contributed by atoms with Crippen LogP contribution in [0.3, 0.4) is 0 Å². The molecule has 2 aliphatic rings. The van der Waals surface area contributed by atoms with Crippen LogP contribution in [0.25, 0.3) is 0 Å². The fourth-order valence-corrected chi connectivity index (χ4v) is 2.90. The van der Waals surface area contributed by atoms with Crippen molar-refractivity contribution in [3.8, 4) is 0 Å². The first-order valence-corrected chi connectivity index (χ1v) is 6.26. The predicted octanol–water partition coefficient (Wildman–Crippen LogP) is 1.57. The van der Waals surface area contributed by atoms with E-state index in [4.69, 9.17) is 5.11 Å². The van der Waals surface area contributed by atoms with E-state index >= 15 is 0 Å². The number of carboxylic acids is 1. The molecule has 4 heteroatoms. The maximum absolute atomic E-state index is 12.1. The highest BCUT2D eigenvalue weighted by atomic mass is 16.4. The Bertz CT molecular complexity index is 343. The van der Waals surface area contributed by atoms with Gasteiger partial charge in [0.2, 0.25) is 5.91 Å². The van der Waals surface area contributed by atoms with Gasteiger partial charge in [-0.3, -0.25) is 9.59 Å². The van der Waals surface area contributed by atoms with Gasteiger partial charge in [0.1, 0.15) is 0 Å². The van der Waals surface area contributed by atoms with Crippen LogP contribution in [0.5, 0.6) is 0 Å². The molecule has 0 aromatic heterocycles. The minimum absolute atomic E-state index is 0.0737. The maximum atomic E-state index is 12.1. The van der Waals surface area contributed by atoms with Crippen molar-refractivity contribution in [2.24, 2.45) is 17.8 Å². The smallest absolute Gasteiger partial charge is 0.307 e. The number of aliphatic carboxylic acids is 1. The van der Waals surface area contributed by atoms with E-state index in [-0.39, 0.29) is 17.9 Å². The van der Waals surface area contributed by atoms with Gasteiger partial charge in [-0.05, 0) is 31.6 Å². The Labute approximate surface area is 101 Å². The van der Waals surface area contributed by atoms with Gasteiger partial charge in [-0.25, -0.2) is 0 Å². The second-order valence-electron chi connectivity index (χ2n) is 5.28. The fraction of sp³-hybridized carbons (Fsp3) is 0.692. The molecule has 4 nitrogen and oxygen atoms in total. The topological polar surface area (TPSA) is 66.4 Å². The molecule has 3 atom stereocenters. The molecule has 3 unspecified atom stereocenters. The summed E-state index contributed by atoms with van der Waals surface area (Å²) in [6, 6.07) is 0.174. The highest BCUT2D eigenvalue weighted by Gasteiger charge is 2.41. The minimum Gasteiger partial charge on any atom is -0.481 e. The molecule has 1 fully saturated rings. The number of hydrogen-bond acceptors (Lipinski definition) is 2. The van der Waals surface area contributed by atoms with Crippen molar-refractivity contribution in [3.63, 3.8) is 0 Å². The number of nitrogens with one attached hydrogen (secondary N) is 1. The van der Waals surface area contributed by atoms with E-state index in [0.29, 0.717) is 18.8 Å². The van der Waals surface area contributed by atoms with E-state index in [0.717, 1.165) is 12.8 Å². The number of amides is 1. The van der Waals surface area contributed by atoms with Crippen LogP contribution in [-0.4, -0.2) is 23.0 Å². The molecule has 1 amide bonds. The first-order chi connectivity index (χ1) is 8.08. The van der Waals surface area contributed by atoms with Crippen molar-refractivity contribution in [2.45, 2.75) is 38.6 Å². The van der Waals surface area contributed by atoms with Crippen LogP contribution in [-0.2, 0) is 9.59 Å². The molecule has 2 N–H and O–H groups in total. The zero-order valence-electron chi connectivity index (χ0n) is 10.1. The SMILES string of the molecule is CC1CC(C(=O)O)C(C(=O)NC2CC=CC2)C1. The molecule has 0 bridgehead atoms. The van der Waals surface area contributed by atoms with Gasteiger partial charge in [0.05, 0.1) is 11.8 Å². The quantitative estimate of drug-likeness (QED) is 0.732. The van der Waals surface area contributed by atoms with Crippen molar-refractivity contribution in [2.75, 3.05) is 0 Å². The Morgan fingerprint density at radius 1 is 1.18 bits per heavy atom. The van der Waals surface area contributed by atoms with Crippen molar-refractivity contribution in [1.29, 1.82) is 0 Å². The molecule has 94 valence electrons. The van der Waals surface area contributed by atoms with E-state index in [1.54, 1.807) is 0 Å². The Kier molecular flexibility index (Phi) is 3.50. The molecule has 0 saturated heterocycles. The van der Waals surface area contributed by atoms with Crippen LogP contribution in [0.4, 0.5) is 0 Å². The number of hydrogen-bond donors (Lipinski definition) is 2. The summed E-state index contributed by atoms with van der Waals surface area (Å²) >= 11 is 0. The van der Waals surface area contributed by atoms with Gasteiger partial charge in [0, 0.05) is 6.04 Å². The fourth-order valence-electron chi connectivity index (χ4n) is 2.90. The van der Waals surface area contributed by atoms with E-state index in [9.17, 15) is 9.59 Å². The normalized spacial score (nSPS) is 32.9. The summed E-state index contributed by atoms with van der Waals surface area (Å²) in [5.41, 5.74) is 0. The second-order valence-corrected chi connectivity index (χ2v) is 5.28. The Balaban J connectivity index is 1.95. The average Bonchev–Trinajstić information content (AvgIpc) is 2.86. The van der Waals surface area contributed by atoms with Crippen LogP contribution in [0, 0.1) is 17.8 Å². The molecule has 0 aromatic rings. The molecule has 0 spiro atoms. The van der Waals surface area contributed by atoms with E-state index in [1.165, 1.54) is 0 Å². The molecule has 0 aromatic carbocycles. The Morgan fingerprint density at radius 2 is 1.76 bits per heavy atom. The Morgan fingerprint density at radius 3 is 2.35 bits per heavy atom. The van der Waals surface area contributed by atoms with Gasteiger partial charge < -0.3 is 10.4 Å². The maximum Gasteiger partial charge on any atom is 0.307 e. The van der Waals surface area contributed by atoms with Crippen LogP contribution in [0.15, 0.2) is 12.2 Å². The molecule has 0 aliphatic heterocycles. The predicted molar refractivity (Wildman–Crippen MR) is 63.3 cm³/mol. The second kappa shape index (κ2) is 4.90. The molecular weight excluding hydrogens is 218 g/mol. The number of rotatable bonds is 3. The first-order valence-electron chi connectivity index (χ1n) is 6.26. The van der Waals surface area contributed by atoms with Crippen LogP contribution in [0.2, 0.25) is 0 Å². The zero-order valence-corrected chi connectivity index (χ0v) is 10.1. The van der Waals surface area contributed by atoms with Crippen molar-refractivity contribution < 1.29 is 14.7 Å². The molecular formula is C13H19NO3.